The fourth-order valence-electron chi connectivity index (χ4n) is 10.7. The Morgan fingerprint density at radius 1 is 0.524 bits per heavy atom. The second kappa shape index (κ2) is 20.8. The summed E-state index contributed by atoms with van der Waals surface area (Å²) in [4.78, 5) is 31.6. The third-order valence-corrected chi connectivity index (χ3v) is 21.8. The number of rotatable bonds is 16. The van der Waals surface area contributed by atoms with Gasteiger partial charge in [0.05, 0.1) is 0 Å². The van der Waals surface area contributed by atoms with Crippen LogP contribution in [0.25, 0.3) is 0 Å². The molecule has 4 aliphatic carbocycles. The minimum absolute atomic E-state index is 0.0477. The molecular weight excluding hydrogens is 832 g/mol. The SMILES string of the molecule is O=C(c1ccccc1)N(CCCc1ccc(F)[c]([Ti]([C]2=CC=CC2)([C]2=CC=CC2)[c]2c(F)ccc(CCCN(C(=O)c3ccccc3)C3CCCCC3)c2F)c1F)C1CCCCC1. The first-order chi connectivity index (χ1) is 30.8. The molecule has 0 spiro atoms. The number of nitrogens with zero attached hydrogens (tertiary/aromatic N) is 2. The quantitative estimate of drug-likeness (QED) is 0.0831. The number of amides is 2. The van der Waals surface area contributed by atoms with Crippen molar-refractivity contribution in [3.05, 3.63) is 175 Å². The van der Waals surface area contributed by atoms with E-state index in [-0.39, 0.29) is 55.6 Å². The molecule has 0 saturated heterocycles. The van der Waals surface area contributed by atoms with E-state index < -0.39 is 39.9 Å². The van der Waals surface area contributed by atoms with E-state index in [0.29, 0.717) is 57.7 Å². The molecule has 2 fully saturated rings. The normalized spacial score (nSPS) is 16.9. The summed E-state index contributed by atoms with van der Waals surface area (Å²) in [5, 5.41) is 0. The third-order valence-electron chi connectivity index (χ3n) is 13.9. The summed E-state index contributed by atoms with van der Waals surface area (Å²) in [7, 11) is 0. The van der Waals surface area contributed by atoms with E-state index in [1.807, 2.05) is 107 Å². The molecule has 4 aromatic carbocycles. The molecule has 2 saturated carbocycles. The molecular formula is C54H58F4N2O2Ti. The van der Waals surface area contributed by atoms with Gasteiger partial charge < -0.3 is 0 Å². The van der Waals surface area contributed by atoms with E-state index in [9.17, 15) is 9.59 Å². The molecule has 4 aliphatic rings. The van der Waals surface area contributed by atoms with Gasteiger partial charge >= 0.3 is 376 Å². The van der Waals surface area contributed by atoms with E-state index in [0.717, 1.165) is 64.2 Å². The van der Waals surface area contributed by atoms with Gasteiger partial charge in [0.15, 0.2) is 0 Å². The van der Waals surface area contributed by atoms with Gasteiger partial charge in [0.1, 0.15) is 0 Å². The van der Waals surface area contributed by atoms with Crippen LogP contribution in [0.1, 0.15) is 122 Å². The molecule has 0 heterocycles. The zero-order valence-electron chi connectivity index (χ0n) is 36.2. The Kier molecular flexibility index (Phi) is 14.8. The van der Waals surface area contributed by atoms with E-state index in [1.54, 1.807) is 0 Å². The van der Waals surface area contributed by atoms with Crippen LogP contribution < -0.4 is 7.74 Å². The van der Waals surface area contributed by atoms with Crippen molar-refractivity contribution in [1.29, 1.82) is 0 Å². The maximum atomic E-state index is 17.7. The Bertz CT molecular complexity index is 2210. The van der Waals surface area contributed by atoms with Gasteiger partial charge in [-0.25, -0.2) is 0 Å². The van der Waals surface area contributed by atoms with Crippen molar-refractivity contribution in [1.82, 2.24) is 9.80 Å². The zero-order chi connectivity index (χ0) is 43.8. The van der Waals surface area contributed by atoms with Crippen LogP contribution in [-0.4, -0.2) is 46.8 Å². The third kappa shape index (κ3) is 9.54. The van der Waals surface area contributed by atoms with Gasteiger partial charge in [-0.05, 0) is 0 Å². The van der Waals surface area contributed by atoms with Gasteiger partial charge in [-0.2, -0.15) is 0 Å². The van der Waals surface area contributed by atoms with Crippen LogP contribution in [0.3, 0.4) is 0 Å². The monoisotopic (exact) mass is 890 g/mol. The van der Waals surface area contributed by atoms with E-state index in [1.165, 1.54) is 24.3 Å². The molecule has 0 bridgehead atoms. The second-order valence-corrected chi connectivity index (χ2v) is 23.6. The van der Waals surface area contributed by atoms with Crippen LogP contribution in [0.15, 0.2) is 129 Å². The predicted octanol–water partition coefficient (Wildman–Crippen LogP) is 11.9. The number of allylic oxidation sites excluding steroid dienone is 8. The first-order valence-corrected chi connectivity index (χ1v) is 26.3. The van der Waals surface area contributed by atoms with Crippen molar-refractivity contribution in [2.75, 3.05) is 13.1 Å². The summed E-state index contributed by atoms with van der Waals surface area (Å²) in [6, 6.07) is 24.1. The average Bonchev–Trinajstić information content (AvgIpc) is 4.08. The number of hydrogen-bond donors (Lipinski definition) is 0. The minimum atomic E-state index is -5.07. The molecule has 2 amide bonds. The molecule has 0 unspecified atom stereocenters. The summed E-state index contributed by atoms with van der Waals surface area (Å²) in [5.41, 5.74) is 1.78. The summed E-state index contributed by atoms with van der Waals surface area (Å²) < 4.78 is 70.2. The summed E-state index contributed by atoms with van der Waals surface area (Å²) in [6.45, 7) is 0.809. The molecule has 4 aromatic rings. The first-order valence-electron chi connectivity index (χ1n) is 23.2. The van der Waals surface area contributed by atoms with Crippen molar-refractivity contribution in [3.8, 4) is 0 Å². The van der Waals surface area contributed by atoms with Crippen molar-refractivity contribution in [3.63, 3.8) is 0 Å². The zero-order valence-corrected chi connectivity index (χ0v) is 37.7. The van der Waals surface area contributed by atoms with Crippen molar-refractivity contribution in [2.24, 2.45) is 0 Å². The van der Waals surface area contributed by atoms with Crippen LogP contribution in [0.4, 0.5) is 17.6 Å². The van der Waals surface area contributed by atoms with Crippen LogP contribution in [0.5, 0.6) is 0 Å². The van der Waals surface area contributed by atoms with Gasteiger partial charge in [-0.3, -0.25) is 0 Å². The van der Waals surface area contributed by atoms with E-state index >= 15 is 17.6 Å². The predicted molar refractivity (Wildman–Crippen MR) is 241 cm³/mol. The molecule has 8 rings (SSSR count). The Hall–Kier alpha value is -4.79. The van der Waals surface area contributed by atoms with Gasteiger partial charge in [0.25, 0.3) is 0 Å². The molecule has 0 N–H and O–H groups in total. The van der Waals surface area contributed by atoms with Gasteiger partial charge in [0, 0.05) is 0 Å². The number of halogens is 4. The average molecular weight is 891 g/mol. The van der Waals surface area contributed by atoms with Crippen molar-refractivity contribution >= 4 is 19.6 Å². The van der Waals surface area contributed by atoms with E-state index in [2.05, 4.69) is 0 Å². The molecule has 0 radical (unpaired) electrons. The number of carbonyl (C=O) groups is 2. The Balaban J connectivity index is 1.13. The number of carbonyl (C=O) groups excluding carboxylic acids is 2. The van der Waals surface area contributed by atoms with Crippen LogP contribution in [0.2, 0.25) is 0 Å². The molecule has 4 nitrogen and oxygen atoms in total. The number of hydrogen-bond acceptors (Lipinski definition) is 2. The van der Waals surface area contributed by atoms with Crippen LogP contribution in [0, 0.1) is 23.3 Å². The fourth-order valence-corrected chi connectivity index (χ4v) is 19.1. The second-order valence-electron chi connectivity index (χ2n) is 17.7. The summed E-state index contributed by atoms with van der Waals surface area (Å²) in [5.74, 6) is -3.19. The molecule has 0 aromatic heterocycles. The van der Waals surface area contributed by atoms with Gasteiger partial charge in [0.2, 0.25) is 0 Å². The summed E-state index contributed by atoms with van der Waals surface area (Å²) >= 11 is -5.07. The Morgan fingerprint density at radius 3 is 1.29 bits per heavy atom. The maximum absolute atomic E-state index is 17.7. The standard InChI is InChI=1S/2C22H24F2NO.2C5H5.Ti/c2*23-19-14-13-17(21(24)16-19)10-7-15-25(20-11-5-2-6-12-20)22(26)18-8-3-1-4-9-18;2*1-2-4-5-3-1;/h2*1,3-4,8-9,13-14,20H,2,5-7,10-12,15H2;2*1-3H,4H2;. The molecule has 63 heavy (non-hydrogen) atoms. The Labute approximate surface area is 373 Å². The topological polar surface area (TPSA) is 40.6 Å². The van der Waals surface area contributed by atoms with Crippen LogP contribution in [-0.2, 0) is 29.4 Å². The van der Waals surface area contributed by atoms with Gasteiger partial charge in [-0.15, -0.1) is 0 Å². The van der Waals surface area contributed by atoms with Crippen LogP contribution >= 0.6 is 0 Å². The number of aryl methyl sites for hydroxylation is 2. The molecule has 0 atom stereocenters. The fraction of sp³-hybridized carbons (Fsp3) is 0.370. The summed E-state index contributed by atoms with van der Waals surface area (Å²) in [6.07, 6.45) is 23.2. The van der Waals surface area contributed by atoms with Gasteiger partial charge in [-0.1, -0.05) is 0 Å². The van der Waals surface area contributed by atoms with E-state index in [4.69, 9.17) is 0 Å². The number of benzene rings is 4. The Morgan fingerprint density at radius 2 is 0.921 bits per heavy atom. The van der Waals surface area contributed by atoms with Crippen molar-refractivity contribution in [2.45, 2.75) is 115 Å². The first kappa shape index (κ1) is 44.8. The van der Waals surface area contributed by atoms with Crippen molar-refractivity contribution < 1.29 is 43.7 Å². The molecule has 328 valence electrons. The molecule has 9 heteroatoms. The molecule has 0 aliphatic heterocycles.